The van der Waals surface area contributed by atoms with E-state index in [1.54, 1.807) is 0 Å². The average molecular weight is 564 g/mol. The Bertz CT molecular complexity index is 768. The van der Waals surface area contributed by atoms with Gasteiger partial charge >= 0.3 is 0 Å². The van der Waals surface area contributed by atoms with Crippen LogP contribution in [0.5, 0.6) is 0 Å². The van der Waals surface area contributed by atoms with Gasteiger partial charge in [0.05, 0.1) is 16.8 Å². The van der Waals surface area contributed by atoms with Crippen LogP contribution in [0.3, 0.4) is 0 Å². The minimum Gasteiger partial charge on any atom is -0.357 e. The zero-order chi connectivity index (χ0) is 19.2. The first kappa shape index (κ1) is 23.1. The van der Waals surface area contributed by atoms with Gasteiger partial charge in [-0.25, -0.2) is 9.37 Å². The van der Waals surface area contributed by atoms with Crippen LogP contribution in [-0.4, -0.2) is 46.6 Å². The van der Waals surface area contributed by atoms with Gasteiger partial charge in [0, 0.05) is 38.6 Å². The second kappa shape index (κ2) is 11.1. The monoisotopic (exact) mass is 563 g/mol. The van der Waals surface area contributed by atoms with Crippen molar-refractivity contribution in [3.8, 4) is 0 Å². The highest BCUT2D eigenvalue weighted by Crippen LogP contribution is 2.27. The Hall–Kier alpha value is -1.16. The molecule has 8 heteroatoms. The van der Waals surface area contributed by atoms with Crippen molar-refractivity contribution in [3.63, 3.8) is 0 Å². The van der Waals surface area contributed by atoms with Crippen LogP contribution in [0.4, 0.5) is 4.39 Å². The molecule has 154 valence electrons. The topological polar surface area (TPSA) is 45.5 Å². The summed E-state index contributed by atoms with van der Waals surface area (Å²) in [6.45, 7) is 7.82. The quantitative estimate of drug-likeness (QED) is 0.331. The molecule has 1 aromatic heterocycles. The van der Waals surface area contributed by atoms with Crippen LogP contribution in [-0.2, 0) is 6.42 Å². The summed E-state index contributed by atoms with van der Waals surface area (Å²) in [7, 11) is 0. The van der Waals surface area contributed by atoms with Crippen molar-refractivity contribution in [1.29, 1.82) is 0 Å². The summed E-state index contributed by atoms with van der Waals surface area (Å²) < 4.78 is 16.1. The predicted molar refractivity (Wildman–Crippen MR) is 126 cm³/mol. The van der Waals surface area contributed by atoms with E-state index in [9.17, 15) is 4.39 Å². The number of nitrogens with zero attached hydrogens (tertiary/aromatic N) is 4. The van der Waals surface area contributed by atoms with E-state index in [1.165, 1.54) is 6.07 Å². The number of rotatable bonds is 5. The molecule has 0 radical (unpaired) electrons. The Labute approximate surface area is 192 Å². The zero-order valence-corrected chi connectivity index (χ0v) is 20.2. The van der Waals surface area contributed by atoms with E-state index in [-0.39, 0.29) is 29.8 Å². The van der Waals surface area contributed by atoms with E-state index in [1.807, 2.05) is 30.9 Å². The number of likely N-dealkylation sites (tertiary alicyclic amines) is 1. The molecule has 5 nitrogen and oxygen atoms in total. The molecule has 0 saturated carbocycles. The van der Waals surface area contributed by atoms with Crippen molar-refractivity contribution in [2.75, 3.05) is 26.2 Å². The molecular formula is C20H28BrFIN5. The molecule has 1 saturated heterocycles. The lowest BCUT2D eigenvalue weighted by atomic mass is 9.93. The van der Waals surface area contributed by atoms with Gasteiger partial charge in [0.15, 0.2) is 5.96 Å². The molecule has 0 spiro atoms. The lowest BCUT2D eigenvalue weighted by molar-refractivity contribution is 0.189. The molecule has 2 aromatic rings. The van der Waals surface area contributed by atoms with Gasteiger partial charge in [-0.3, -0.25) is 4.99 Å². The molecule has 0 aliphatic carbocycles. The number of piperidine rings is 1. The highest BCUT2D eigenvalue weighted by Gasteiger charge is 2.28. The number of halogens is 3. The number of guanidine groups is 1. The Balaban J connectivity index is 0.00000280. The second-order valence-electron chi connectivity index (χ2n) is 7.02. The number of benzene rings is 1. The summed E-state index contributed by atoms with van der Waals surface area (Å²) in [6, 6.07) is 5.55. The summed E-state index contributed by atoms with van der Waals surface area (Å²) in [4.78, 5) is 11.4. The Morgan fingerprint density at radius 2 is 2.25 bits per heavy atom. The van der Waals surface area contributed by atoms with Gasteiger partial charge in [-0.15, -0.1) is 24.0 Å². The minimum atomic E-state index is -0.233. The molecule has 1 fully saturated rings. The largest absolute Gasteiger partial charge is 0.357 e. The summed E-state index contributed by atoms with van der Waals surface area (Å²) in [6.07, 6.45) is 7.69. The van der Waals surface area contributed by atoms with Crippen LogP contribution in [0.2, 0.25) is 0 Å². The highest BCUT2D eigenvalue weighted by atomic mass is 127. The first-order chi connectivity index (χ1) is 13.1. The standard InChI is InChI=1S/C20H27BrFN5.HI/c1-3-24-20(25-8-6-16-4-5-18(22)17(21)12-16)26-10-7-15(2)19(13-26)27-11-9-23-14-27;/h4-5,9,11-12,14-15,19H,3,6-8,10,13H2,1-2H3,(H,24,25);1H. The molecule has 1 aromatic carbocycles. The van der Waals surface area contributed by atoms with Gasteiger partial charge in [-0.2, -0.15) is 0 Å². The number of aromatic nitrogens is 2. The number of nitrogens with one attached hydrogen (secondary N) is 1. The SMILES string of the molecule is CCNC(=NCCc1ccc(F)c(Br)c1)N1CCC(C)C(n2ccnc2)C1.I. The van der Waals surface area contributed by atoms with Gasteiger partial charge in [-0.05, 0) is 59.3 Å². The summed E-state index contributed by atoms with van der Waals surface area (Å²) >= 11 is 3.25. The van der Waals surface area contributed by atoms with Crippen molar-refractivity contribution in [1.82, 2.24) is 19.8 Å². The number of imidazole rings is 1. The Kier molecular flexibility index (Phi) is 9.20. The maximum Gasteiger partial charge on any atom is 0.193 e. The van der Waals surface area contributed by atoms with Crippen molar-refractivity contribution < 1.29 is 4.39 Å². The maximum atomic E-state index is 13.4. The van der Waals surface area contributed by atoms with Crippen LogP contribution in [0.15, 0.2) is 46.4 Å². The van der Waals surface area contributed by atoms with Crippen molar-refractivity contribution >= 4 is 45.9 Å². The first-order valence-electron chi connectivity index (χ1n) is 9.53. The van der Waals surface area contributed by atoms with E-state index < -0.39 is 0 Å². The third-order valence-corrected chi connectivity index (χ3v) is 5.71. The molecule has 0 bridgehead atoms. The molecule has 28 heavy (non-hydrogen) atoms. The molecule has 2 heterocycles. The normalized spacial score (nSPS) is 20.0. The number of aliphatic imine (C=N–C) groups is 1. The first-order valence-corrected chi connectivity index (χ1v) is 10.3. The molecule has 0 amide bonds. The van der Waals surface area contributed by atoms with Crippen LogP contribution >= 0.6 is 39.9 Å². The minimum absolute atomic E-state index is 0. The maximum absolute atomic E-state index is 13.4. The predicted octanol–water partition coefficient (Wildman–Crippen LogP) is 4.49. The number of hydrogen-bond acceptors (Lipinski definition) is 2. The van der Waals surface area contributed by atoms with Crippen molar-refractivity contribution in [2.45, 2.75) is 32.7 Å². The van der Waals surface area contributed by atoms with Crippen LogP contribution < -0.4 is 5.32 Å². The lowest BCUT2D eigenvalue weighted by Crippen LogP contribution is -2.49. The third-order valence-electron chi connectivity index (χ3n) is 5.11. The van der Waals surface area contributed by atoms with Crippen LogP contribution in [0.25, 0.3) is 0 Å². The van der Waals surface area contributed by atoms with Gasteiger partial charge in [0.25, 0.3) is 0 Å². The van der Waals surface area contributed by atoms with E-state index in [0.717, 1.165) is 44.0 Å². The molecule has 3 rings (SSSR count). The summed E-state index contributed by atoms with van der Waals surface area (Å²) in [5, 5.41) is 3.42. The van der Waals surface area contributed by atoms with Gasteiger partial charge in [-0.1, -0.05) is 13.0 Å². The Morgan fingerprint density at radius 3 is 2.93 bits per heavy atom. The molecular weight excluding hydrogens is 536 g/mol. The summed E-state index contributed by atoms with van der Waals surface area (Å²) in [5.74, 6) is 1.33. The second-order valence-corrected chi connectivity index (χ2v) is 7.88. The number of hydrogen-bond donors (Lipinski definition) is 1. The fourth-order valence-electron chi connectivity index (χ4n) is 3.51. The fourth-order valence-corrected chi connectivity index (χ4v) is 3.93. The lowest BCUT2D eigenvalue weighted by Gasteiger charge is -2.39. The molecule has 2 unspecified atom stereocenters. The fraction of sp³-hybridized carbons (Fsp3) is 0.500. The molecule has 2 atom stereocenters. The van der Waals surface area contributed by atoms with Crippen molar-refractivity contribution in [2.24, 2.45) is 10.9 Å². The van der Waals surface area contributed by atoms with Crippen LogP contribution in [0.1, 0.15) is 31.9 Å². The van der Waals surface area contributed by atoms with Gasteiger partial charge in [0.1, 0.15) is 5.82 Å². The van der Waals surface area contributed by atoms with E-state index >= 15 is 0 Å². The third kappa shape index (κ3) is 5.92. The highest BCUT2D eigenvalue weighted by molar-refractivity contribution is 14.0. The van der Waals surface area contributed by atoms with Crippen LogP contribution in [0, 0.1) is 11.7 Å². The molecule has 1 aliphatic rings. The van der Waals surface area contributed by atoms with E-state index in [0.29, 0.717) is 23.0 Å². The zero-order valence-electron chi connectivity index (χ0n) is 16.3. The molecule has 1 aliphatic heterocycles. The summed E-state index contributed by atoms with van der Waals surface area (Å²) in [5.41, 5.74) is 1.08. The molecule has 1 N–H and O–H groups in total. The average Bonchev–Trinajstić information content (AvgIpc) is 3.19. The Morgan fingerprint density at radius 1 is 1.43 bits per heavy atom. The van der Waals surface area contributed by atoms with Gasteiger partial charge in [0.2, 0.25) is 0 Å². The smallest absolute Gasteiger partial charge is 0.193 e. The van der Waals surface area contributed by atoms with E-state index in [4.69, 9.17) is 4.99 Å². The van der Waals surface area contributed by atoms with E-state index in [2.05, 4.69) is 49.5 Å². The van der Waals surface area contributed by atoms with Gasteiger partial charge < -0.3 is 14.8 Å². The van der Waals surface area contributed by atoms with Crippen molar-refractivity contribution in [3.05, 3.63) is 52.8 Å².